The molecule has 4 saturated carbocycles. The van der Waals surface area contributed by atoms with Crippen LogP contribution in [0.25, 0.3) is 0 Å². The lowest BCUT2D eigenvalue weighted by molar-refractivity contribution is -0.137. The van der Waals surface area contributed by atoms with Gasteiger partial charge in [-0.25, -0.2) is 0 Å². The summed E-state index contributed by atoms with van der Waals surface area (Å²) >= 11 is 4.08. The molecule has 5 fully saturated rings. The molecule has 5 rings (SSSR count). The molecule has 0 aromatic heterocycles. The van der Waals surface area contributed by atoms with Crippen molar-refractivity contribution in [3.8, 4) is 0 Å². The standard InChI is InChI=1S/C21H36BrN3O/c1-23-6-8-25(9-7-23)5-3-4-24(2)19(26)15-20-11-17-10-18(12-20)14-21(22,13-17)16-20/h17-18H,3-16H2,1-2H3. The number of carbonyl (C=O) groups is 1. The highest BCUT2D eigenvalue weighted by Gasteiger charge is 2.57. The second-order valence-electron chi connectivity index (χ2n) is 10.1. The number of nitrogens with zero attached hydrogens (tertiary/aromatic N) is 3. The van der Waals surface area contributed by atoms with Gasteiger partial charge in [-0.1, -0.05) is 15.9 Å². The average Bonchev–Trinajstić information content (AvgIpc) is 2.53. The number of rotatable bonds is 6. The van der Waals surface area contributed by atoms with Gasteiger partial charge in [0.2, 0.25) is 5.91 Å². The van der Waals surface area contributed by atoms with Crippen molar-refractivity contribution >= 4 is 21.8 Å². The van der Waals surface area contributed by atoms with Gasteiger partial charge in [0.1, 0.15) is 0 Å². The molecule has 0 aromatic carbocycles. The van der Waals surface area contributed by atoms with Crippen molar-refractivity contribution in [1.29, 1.82) is 0 Å². The van der Waals surface area contributed by atoms with Crippen LogP contribution in [0.3, 0.4) is 0 Å². The third-order valence-electron chi connectivity index (χ3n) is 7.63. The Morgan fingerprint density at radius 3 is 2.38 bits per heavy atom. The molecule has 0 aromatic rings. The van der Waals surface area contributed by atoms with Gasteiger partial charge in [-0.3, -0.25) is 4.79 Å². The first-order chi connectivity index (χ1) is 12.3. The number of hydrogen-bond donors (Lipinski definition) is 0. The van der Waals surface area contributed by atoms with Crippen LogP contribution in [0.5, 0.6) is 0 Å². The topological polar surface area (TPSA) is 26.8 Å². The van der Waals surface area contributed by atoms with Crippen molar-refractivity contribution in [1.82, 2.24) is 14.7 Å². The van der Waals surface area contributed by atoms with Crippen molar-refractivity contribution in [3.63, 3.8) is 0 Å². The maximum Gasteiger partial charge on any atom is 0.222 e. The Hall–Kier alpha value is -0.130. The Balaban J connectivity index is 1.24. The summed E-state index contributed by atoms with van der Waals surface area (Å²) in [7, 11) is 4.22. The molecule has 2 unspecified atom stereocenters. The highest BCUT2D eigenvalue weighted by molar-refractivity contribution is 9.10. The Morgan fingerprint density at radius 1 is 1.12 bits per heavy atom. The molecule has 1 heterocycles. The molecular weight excluding hydrogens is 390 g/mol. The number of amides is 1. The van der Waals surface area contributed by atoms with E-state index in [1.807, 2.05) is 11.9 Å². The molecule has 4 bridgehead atoms. The number of likely N-dealkylation sites (N-methyl/N-ethyl adjacent to an activating group) is 1. The SMILES string of the molecule is CN1CCN(CCCN(C)C(=O)CC23CC4CC(CC(Br)(C4)C2)C3)CC1. The van der Waals surface area contributed by atoms with Crippen LogP contribution in [0, 0.1) is 17.3 Å². The summed E-state index contributed by atoms with van der Waals surface area (Å²) in [6.45, 7) is 6.74. The van der Waals surface area contributed by atoms with Crippen LogP contribution < -0.4 is 0 Å². The van der Waals surface area contributed by atoms with E-state index in [-0.39, 0.29) is 0 Å². The van der Waals surface area contributed by atoms with Crippen LogP contribution in [-0.2, 0) is 4.79 Å². The minimum atomic E-state index is 0.302. The van der Waals surface area contributed by atoms with E-state index < -0.39 is 0 Å². The van der Waals surface area contributed by atoms with Gasteiger partial charge >= 0.3 is 0 Å². The highest BCUT2D eigenvalue weighted by atomic mass is 79.9. The molecule has 1 saturated heterocycles. The lowest BCUT2D eigenvalue weighted by Crippen LogP contribution is -2.54. The molecule has 2 atom stereocenters. The van der Waals surface area contributed by atoms with Gasteiger partial charge in [0.15, 0.2) is 0 Å². The zero-order valence-electron chi connectivity index (χ0n) is 16.7. The fourth-order valence-electron chi connectivity index (χ4n) is 6.73. The van der Waals surface area contributed by atoms with Crippen LogP contribution in [-0.4, -0.2) is 78.3 Å². The molecule has 5 aliphatic rings. The molecule has 1 aliphatic heterocycles. The van der Waals surface area contributed by atoms with Gasteiger partial charge in [0.05, 0.1) is 0 Å². The monoisotopic (exact) mass is 425 g/mol. The summed E-state index contributed by atoms with van der Waals surface area (Å²) in [5.41, 5.74) is 0.302. The summed E-state index contributed by atoms with van der Waals surface area (Å²) in [6, 6.07) is 0. The number of carbonyl (C=O) groups excluding carboxylic acids is 1. The van der Waals surface area contributed by atoms with E-state index in [0.717, 1.165) is 37.8 Å². The van der Waals surface area contributed by atoms with Crippen LogP contribution in [0.1, 0.15) is 51.4 Å². The molecule has 4 aliphatic carbocycles. The molecular formula is C21H36BrN3O. The smallest absolute Gasteiger partial charge is 0.222 e. The first-order valence-electron chi connectivity index (χ1n) is 10.7. The van der Waals surface area contributed by atoms with Gasteiger partial charge in [0.25, 0.3) is 0 Å². The van der Waals surface area contributed by atoms with Gasteiger partial charge in [-0.2, -0.15) is 0 Å². The maximum absolute atomic E-state index is 12.9. The van der Waals surface area contributed by atoms with Crippen molar-refractivity contribution in [3.05, 3.63) is 0 Å². The lowest BCUT2D eigenvalue weighted by Gasteiger charge is -2.60. The van der Waals surface area contributed by atoms with Crippen LogP contribution in [0.4, 0.5) is 0 Å². The Labute approximate surface area is 167 Å². The lowest BCUT2D eigenvalue weighted by atomic mass is 9.48. The first kappa shape index (κ1) is 19.2. The zero-order chi connectivity index (χ0) is 18.4. The average molecular weight is 426 g/mol. The van der Waals surface area contributed by atoms with Crippen LogP contribution >= 0.6 is 15.9 Å². The normalized spacial score (nSPS) is 40.1. The quantitative estimate of drug-likeness (QED) is 0.611. The predicted octanol–water partition coefficient (Wildman–Crippen LogP) is 3.21. The fourth-order valence-corrected chi connectivity index (χ4v) is 8.24. The van der Waals surface area contributed by atoms with Crippen LogP contribution in [0.2, 0.25) is 0 Å². The van der Waals surface area contributed by atoms with Crippen molar-refractivity contribution in [2.24, 2.45) is 17.3 Å². The number of hydrogen-bond acceptors (Lipinski definition) is 3. The van der Waals surface area contributed by atoms with E-state index in [1.54, 1.807) is 0 Å². The van der Waals surface area contributed by atoms with E-state index in [4.69, 9.17) is 0 Å². The Bertz CT molecular complexity index is 517. The molecule has 0 N–H and O–H groups in total. The summed E-state index contributed by atoms with van der Waals surface area (Å²) < 4.78 is 0.358. The third kappa shape index (κ3) is 4.15. The minimum Gasteiger partial charge on any atom is -0.346 e. The van der Waals surface area contributed by atoms with Crippen molar-refractivity contribution in [2.45, 2.75) is 55.7 Å². The molecule has 26 heavy (non-hydrogen) atoms. The Morgan fingerprint density at radius 2 is 1.77 bits per heavy atom. The van der Waals surface area contributed by atoms with Crippen LogP contribution in [0.15, 0.2) is 0 Å². The number of piperazine rings is 1. The summed E-state index contributed by atoms with van der Waals surface area (Å²) in [4.78, 5) is 19.9. The molecule has 5 heteroatoms. The molecule has 0 spiro atoms. The molecule has 0 radical (unpaired) electrons. The van der Waals surface area contributed by atoms with E-state index in [0.29, 0.717) is 15.6 Å². The van der Waals surface area contributed by atoms with E-state index in [1.165, 1.54) is 64.7 Å². The third-order valence-corrected chi connectivity index (χ3v) is 8.55. The van der Waals surface area contributed by atoms with Gasteiger partial charge in [-0.05, 0) is 75.8 Å². The molecule has 4 nitrogen and oxygen atoms in total. The second kappa shape index (κ2) is 7.36. The van der Waals surface area contributed by atoms with Gasteiger partial charge < -0.3 is 14.7 Å². The minimum absolute atomic E-state index is 0.302. The predicted molar refractivity (Wildman–Crippen MR) is 110 cm³/mol. The molecule has 1 amide bonds. The van der Waals surface area contributed by atoms with E-state index >= 15 is 0 Å². The summed E-state index contributed by atoms with van der Waals surface area (Å²) in [5, 5.41) is 0. The second-order valence-corrected chi connectivity index (χ2v) is 11.8. The van der Waals surface area contributed by atoms with Crippen molar-refractivity contribution in [2.75, 3.05) is 53.4 Å². The first-order valence-corrected chi connectivity index (χ1v) is 11.5. The van der Waals surface area contributed by atoms with Gasteiger partial charge in [-0.15, -0.1) is 0 Å². The summed E-state index contributed by atoms with van der Waals surface area (Å²) in [6.07, 6.45) is 9.85. The number of alkyl halides is 1. The maximum atomic E-state index is 12.9. The molecule has 148 valence electrons. The summed E-state index contributed by atoms with van der Waals surface area (Å²) in [5.74, 6) is 2.12. The van der Waals surface area contributed by atoms with Gasteiger partial charge in [0, 0.05) is 50.5 Å². The van der Waals surface area contributed by atoms with Crippen molar-refractivity contribution < 1.29 is 4.79 Å². The fraction of sp³-hybridized carbons (Fsp3) is 0.952. The van der Waals surface area contributed by atoms with E-state index in [2.05, 4.69) is 32.8 Å². The highest BCUT2D eigenvalue weighted by Crippen LogP contribution is 2.65. The zero-order valence-corrected chi connectivity index (χ0v) is 18.3. The largest absolute Gasteiger partial charge is 0.346 e. The Kier molecular flexibility index (Phi) is 5.44. The van der Waals surface area contributed by atoms with E-state index in [9.17, 15) is 4.79 Å². The number of halogens is 1.